The second-order valence-corrected chi connectivity index (χ2v) is 11.8. The van der Waals surface area contributed by atoms with Crippen LogP contribution in [0.4, 0.5) is 23.7 Å². The van der Waals surface area contributed by atoms with E-state index in [1.807, 2.05) is 76.2 Å². The molecular weight excluding hydrogens is 593 g/mol. The number of carbonyl (C=O) groups is 2. The molecular formula is C31H29F3N6O3S. The molecule has 44 heavy (non-hydrogen) atoms. The summed E-state index contributed by atoms with van der Waals surface area (Å²) >= 11 is 1.22. The number of benzene rings is 3. The molecule has 2 heterocycles. The lowest BCUT2D eigenvalue weighted by molar-refractivity contribution is -0.274. The van der Waals surface area contributed by atoms with Crippen LogP contribution in [0, 0.1) is 0 Å². The van der Waals surface area contributed by atoms with Crippen molar-refractivity contribution in [3.63, 3.8) is 0 Å². The van der Waals surface area contributed by atoms with Gasteiger partial charge in [-0.15, -0.1) is 18.3 Å². The van der Waals surface area contributed by atoms with Crippen molar-refractivity contribution in [1.29, 1.82) is 0 Å². The second-order valence-electron chi connectivity index (χ2n) is 10.8. The number of nitrogens with zero attached hydrogens (tertiary/aromatic N) is 5. The maximum atomic E-state index is 13.1. The first-order chi connectivity index (χ1) is 20.8. The molecule has 0 radical (unpaired) electrons. The van der Waals surface area contributed by atoms with Crippen LogP contribution in [-0.4, -0.2) is 44.0 Å². The van der Waals surface area contributed by atoms with Crippen LogP contribution in [0.2, 0.25) is 0 Å². The summed E-state index contributed by atoms with van der Waals surface area (Å²) in [7, 11) is 0. The Morgan fingerprint density at radius 1 is 1.02 bits per heavy atom. The number of nitrogens with one attached hydrogen (secondary N) is 1. The highest BCUT2D eigenvalue weighted by Gasteiger charge is 2.33. The quantitative estimate of drug-likeness (QED) is 0.237. The van der Waals surface area contributed by atoms with Gasteiger partial charge in [-0.3, -0.25) is 9.69 Å². The highest BCUT2D eigenvalue weighted by atomic mass is 32.2. The molecule has 1 saturated heterocycles. The summed E-state index contributed by atoms with van der Waals surface area (Å²) in [6, 6.07) is 19.6. The summed E-state index contributed by atoms with van der Waals surface area (Å²) in [6.45, 7) is 7.78. The number of urea groups is 1. The maximum absolute atomic E-state index is 13.1. The number of thioether (sulfide) groups is 1. The maximum Gasteiger partial charge on any atom is 0.573 e. The number of para-hydroxylation sites is 1. The first-order valence-electron chi connectivity index (χ1n) is 13.6. The molecule has 1 aromatic heterocycles. The number of hydrogen-bond acceptors (Lipinski definition) is 6. The van der Waals surface area contributed by atoms with E-state index in [1.165, 1.54) is 51.9 Å². The summed E-state index contributed by atoms with van der Waals surface area (Å²) in [5, 5.41) is 7.69. The monoisotopic (exact) mass is 622 g/mol. The van der Waals surface area contributed by atoms with Gasteiger partial charge in [0.2, 0.25) is 5.91 Å². The Morgan fingerprint density at radius 2 is 1.70 bits per heavy atom. The molecule has 0 atom stereocenters. The third kappa shape index (κ3) is 6.94. The predicted octanol–water partition coefficient (Wildman–Crippen LogP) is 7.04. The molecule has 0 aliphatic carbocycles. The standard InChI is InChI=1S/C31H29F3N6O3S/c1-19(2)24-7-5-6-8-25(24)40-26(41)17-44-29(40)36-28(42)37-30(3,4)21-11-9-20(10-12-21)27-35-18-39(38-27)22-13-15-23(16-14-22)43-31(32,33)34/h5-16,18-19H,17H2,1-4H3,(H,37,42)/b36-29-. The minimum atomic E-state index is -4.77. The van der Waals surface area contributed by atoms with Gasteiger partial charge in [0, 0.05) is 5.56 Å². The molecule has 228 valence electrons. The first kappa shape index (κ1) is 30.8. The van der Waals surface area contributed by atoms with Gasteiger partial charge >= 0.3 is 12.4 Å². The molecule has 4 aromatic rings. The summed E-state index contributed by atoms with van der Waals surface area (Å²) in [5.74, 6) is 0.324. The van der Waals surface area contributed by atoms with E-state index in [0.29, 0.717) is 22.2 Å². The molecule has 1 fully saturated rings. The Labute approximate surface area is 256 Å². The van der Waals surface area contributed by atoms with Crippen LogP contribution < -0.4 is 15.0 Å². The number of carbonyl (C=O) groups excluding carboxylic acids is 2. The van der Waals surface area contributed by atoms with Gasteiger partial charge in [-0.2, -0.15) is 4.99 Å². The molecule has 0 spiro atoms. The number of amides is 3. The Morgan fingerprint density at radius 3 is 2.36 bits per heavy atom. The van der Waals surface area contributed by atoms with Crippen LogP contribution >= 0.6 is 11.8 Å². The van der Waals surface area contributed by atoms with E-state index < -0.39 is 17.9 Å². The Kier molecular flexibility index (Phi) is 8.51. The zero-order chi connectivity index (χ0) is 31.6. The summed E-state index contributed by atoms with van der Waals surface area (Å²) in [4.78, 5) is 35.9. The number of aliphatic imine (C=N–C) groups is 1. The topological polar surface area (TPSA) is 102 Å². The summed E-state index contributed by atoms with van der Waals surface area (Å²) in [5.41, 5.74) is 2.92. The number of amidine groups is 1. The van der Waals surface area contributed by atoms with Crippen molar-refractivity contribution in [1.82, 2.24) is 20.1 Å². The van der Waals surface area contributed by atoms with Crippen molar-refractivity contribution in [3.05, 3.63) is 90.3 Å². The fourth-order valence-electron chi connectivity index (χ4n) is 4.67. The molecule has 1 N–H and O–H groups in total. The lowest BCUT2D eigenvalue weighted by Gasteiger charge is -2.26. The van der Waals surface area contributed by atoms with E-state index in [9.17, 15) is 22.8 Å². The number of ether oxygens (including phenoxy) is 1. The van der Waals surface area contributed by atoms with Crippen molar-refractivity contribution in [2.24, 2.45) is 4.99 Å². The van der Waals surface area contributed by atoms with Gasteiger partial charge in [0.25, 0.3) is 0 Å². The predicted molar refractivity (Wildman–Crippen MR) is 163 cm³/mol. The van der Waals surface area contributed by atoms with Gasteiger partial charge in [-0.25, -0.2) is 14.5 Å². The minimum absolute atomic E-state index is 0.131. The van der Waals surface area contributed by atoms with Crippen LogP contribution in [0.25, 0.3) is 17.1 Å². The largest absolute Gasteiger partial charge is 0.573 e. The fraction of sp³-hybridized carbons (Fsp3) is 0.258. The fourth-order valence-corrected chi connectivity index (χ4v) is 5.53. The number of halogens is 3. The highest BCUT2D eigenvalue weighted by Crippen LogP contribution is 2.33. The molecule has 3 aromatic carbocycles. The number of alkyl halides is 3. The molecule has 9 nitrogen and oxygen atoms in total. The van der Waals surface area contributed by atoms with Gasteiger partial charge in [-0.1, -0.05) is 68.1 Å². The molecule has 13 heteroatoms. The zero-order valence-corrected chi connectivity index (χ0v) is 25.1. The van der Waals surface area contributed by atoms with Crippen molar-refractivity contribution >= 4 is 34.6 Å². The van der Waals surface area contributed by atoms with E-state index >= 15 is 0 Å². The van der Waals surface area contributed by atoms with Gasteiger partial charge in [0.15, 0.2) is 11.0 Å². The van der Waals surface area contributed by atoms with Crippen molar-refractivity contribution in [2.75, 3.05) is 10.7 Å². The van der Waals surface area contributed by atoms with Gasteiger partial charge < -0.3 is 10.1 Å². The molecule has 5 rings (SSSR count). The lowest BCUT2D eigenvalue weighted by atomic mass is 9.93. The SMILES string of the molecule is CC(C)c1ccccc1N1C(=O)CS/C1=N\C(=O)NC(C)(C)c1ccc(-c2ncn(-c3ccc(OC(F)(F)F)cc3)n2)cc1. The summed E-state index contributed by atoms with van der Waals surface area (Å²) < 4.78 is 42.6. The van der Waals surface area contributed by atoms with Gasteiger partial charge in [0.1, 0.15) is 12.1 Å². The average Bonchev–Trinajstić information content (AvgIpc) is 3.59. The van der Waals surface area contributed by atoms with Crippen LogP contribution in [0.15, 0.2) is 84.1 Å². The Bertz CT molecular complexity index is 1700. The van der Waals surface area contributed by atoms with E-state index in [2.05, 4.69) is 25.1 Å². The molecule has 0 saturated carbocycles. The Hall–Kier alpha value is -4.65. The Balaban J connectivity index is 1.28. The van der Waals surface area contributed by atoms with E-state index in [1.54, 1.807) is 0 Å². The molecule has 1 aliphatic rings. The van der Waals surface area contributed by atoms with Crippen molar-refractivity contribution in [2.45, 2.75) is 45.5 Å². The van der Waals surface area contributed by atoms with Crippen LogP contribution in [-0.2, 0) is 10.3 Å². The number of aromatic nitrogens is 3. The van der Waals surface area contributed by atoms with Crippen molar-refractivity contribution in [3.8, 4) is 22.8 Å². The molecule has 0 bridgehead atoms. The first-order valence-corrected chi connectivity index (χ1v) is 14.6. The number of hydrogen-bond donors (Lipinski definition) is 1. The lowest BCUT2D eigenvalue weighted by Crippen LogP contribution is -2.40. The van der Waals surface area contributed by atoms with E-state index in [4.69, 9.17) is 0 Å². The second kappa shape index (κ2) is 12.2. The molecule has 3 amide bonds. The smallest absolute Gasteiger partial charge is 0.406 e. The van der Waals surface area contributed by atoms with Gasteiger partial charge in [-0.05, 0) is 61.2 Å². The third-order valence-corrected chi connectivity index (χ3v) is 7.80. The minimum Gasteiger partial charge on any atom is -0.406 e. The van der Waals surface area contributed by atoms with Crippen LogP contribution in [0.5, 0.6) is 5.75 Å². The van der Waals surface area contributed by atoms with Crippen LogP contribution in [0.3, 0.4) is 0 Å². The normalized spacial score (nSPS) is 14.9. The van der Waals surface area contributed by atoms with Crippen molar-refractivity contribution < 1.29 is 27.5 Å². The highest BCUT2D eigenvalue weighted by molar-refractivity contribution is 8.15. The number of rotatable bonds is 7. The zero-order valence-electron chi connectivity index (χ0n) is 24.3. The summed E-state index contributed by atoms with van der Waals surface area (Å²) in [6.07, 6.45) is -3.31. The molecule has 0 unspecified atom stereocenters. The van der Waals surface area contributed by atoms with Gasteiger partial charge in [0.05, 0.1) is 22.7 Å². The average molecular weight is 623 g/mol. The van der Waals surface area contributed by atoms with E-state index in [-0.39, 0.29) is 23.3 Å². The van der Waals surface area contributed by atoms with E-state index in [0.717, 1.165) is 16.8 Å². The number of anilines is 1. The third-order valence-electron chi connectivity index (χ3n) is 6.87. The van der Waals surface area contributed by atoms with Crippen LogP contribution in [0.1, 0.15) is 44.7 Å². The molecule has 1 aliphatic heterocycles.